The second-order valence-corrected chi connectivity index (χ2v) is 5.37. The number of nitrogens with zero attached hydrogens (tertiary/aromatic N) is 2. The zero-order valence-corrected chi connectivity index (χ0v) is 13.7. The Morgan fingerprint density at radius 2 is 1.96 bits per heavy atom. The van der Waals surface area contributed by atoms with E-state index in [4.69, 9.17) is 4.74 Å². The van der Waals surface area contributed by atoms with Crippen LogP contribution in [0.4, 0.5) is 0 Å². The summed E-state index contributed by atoms with van der Waals surface area (Å²) in [7, 11) is 1.92. The molecule has 0 spiro atoms. The molecule has 1 aromatic heterocycles. The molecule has 3 rings (SSSR count). The van der Waals surface area contributed by atoms with Gasteiger partial charge in [-0.15, -0.1) is 0 Å². The summed E-state index contributed by atoms with van der Waals surface area (Å²) in [5.41, 5.74) is 5.08. The zero-order chi connectivity index (χ0) is 16.9. The maximum absolute atomic E-state index is 12.3. The lowest BCUT2D eigenvalue weighted by atomic mass is 10.2. The number of hydrogen-bond acceptors (Lipinski definition) is 3. The highest BCUT2D eigenvalue weighted by atomic mass is 16.5. The van der Waals surface area contributed by atoms with Crippen molar-refractivity contribution >= 4 is 23.0 Å². The summed E-state index contributed by atoms with van der Waals surface area (Å²) in [4.78, 5) is 12.3. The number of carbonyl (C=O) groups excluding carboxylic acids is 1. The number of para-hydroxylation sites is 1. The largest absolute Gasteiger partial charge is 0.494 e. The molecule has 122 valence electrons. The van der Waals surface area contributed by atoms with Crippen LogP contribution in [0.25, 0.3) is 10.9 Å². The van der Waals surface area contributed by atoms with Crippen molar-refractivity contribution in [3.63, 3.8) is 0 Å². The predicted molar refractivity (Wildman–Crippen MR) is 95.6 cm³/mol. The van der Waals surface area contributed by atoms with Gasteiger partial charge in [0.1, 0.15) is 5.75 Å². The second-order valence-electron chi connectivity index (χ2n) is 5.37. The molecule has 0 saturated carbocycles. The number of hydrogen-bond donors (Lipinski definition) is 1. The molecule has 0 radical (unpaired) electrons. The maximum atomic E-state index is 12.3. The van der Waals surface area contributed by atoms with Crippen LogP contribution in [0.2, 0.25) is 0 Å². The molecule has 0 unspecified atom stereocenters. The molecule has 0 fully saturated rings. The van der Waals surface area contributed by atoms with E-state index in [1.54, 1.807) is 6.21 Å². The van der Waals surface area contributed by atoms with Gasteiger partial charge in [-0.2, -0.15) is 5.10 Å². The number of aromatic nitrogens is 1. The number of aryl methyl sites for hydroxylation is 1. The zero-order valence-electron chi connectivity index (χ0n) is 13.7. The third-order valence-corrected chi connectivity index (χ3v) is 3.71. The molecule has 0 bridgehead atoms. The third-order valence-electron chi connectivity index (χ3n) is 3.71. The molecule has 0 atom stereocenters. The van der Waals surface area contributed by atoms with Crippen LogP contribution in [0.5, 0.6) is 5.75 Å². The number of carbonyl (C=O) groups is 1. The Morgan fingerprint density at radius 1 is 1.21 bits per heavy atom. The Hall–Kier alpha value is -3.08. The van der Waals surface area contributed by atoms with E-state index in [-0.39, 0.29) is 5.91 Å². The highest BCUT2D eigenvalue weighted by Crippen LogP contribution is 2.20. The lowest BCUT2D eigenvalue weighted by Gasteiger charge is -2.02. The summed E-state index contributed by atoms with van der Waals surface area (Å²) in [6, 6.07) is 15.3. The Bertz CT molecular complexity index is 879. The molecule has 2 aromatic carbocycles. The van der Waals surface area contributed by atoms with Crippen LogP contribution in [0, 0.1) is 0 Å². The topological polar surface area (TPSA) is 55.6 Å². The van der Waals surface area contributed by atoms with Gasteiger partial charge in [-0.1, -0.05) is 18.2 Å². The first-order chi connectivity index (χ1) is 11.7. The van der Waals surface area contributed by atoms with Crippen molar-refractivity contribution < 1.29 is 9.53 Å². The first kappa shape index (κ1) is 15.8. The van der Waals surface area contributed by atoms with Gasteiger partial charge in [-0.05, 0) is 42.8 Å². The van der Waals surface area contributed by atoms with Gasteiger partial charge in [-0.3, -0.25) is 4.79 Å². The molecule has 1 heterocycles. The van der Waals surface area contributed by atoms with Crippen LogP contribution in [0.15, 0.2) is 59.8 Å². The molecule has 1 amide bonds. The van der Waals surface area contributed by atoms with E-state index >= 15 is 0 Å². The lowest BCUT2D eigenvalue weighted by Crippen LogP contribution is -2.17. The molecule has 0 saturated heterocycles. The average molecular weight is 321 g/mol. The number of hydrazone groups is 1. The van der Waals surface area contributed by atoms with Gasteiger partial charge < -0.3 is 9.30 Å². The highest BCUT2D eigenvalue weighted by Gasteiger charge is 2.12. The molecular formula is C19H19N3O2. The third kappa shape index (κ3) is 3.30. The Balaban J connectivity index is 1.70. The van der Waals surface area contributed by atoms with E-state index in [1.807, 2.05) is 73.3 Å². The van der Waals surface area contributed by atoms with Crippen LogP contribution >= 0.6 is 0 Å². The van der Waals surface area contributed by atoms with Crippen molar-refractivity contribution in [2.45, 2.75) is 6.92 Å². The molecular weight excluding hydrogens is 302 g/mol. The van der Waals surface area contributed by atoms with E-state index in [2.05, 4.69) is 10.5 Å². The number of rotatable bonds is 5. The predicted octanol–water partition coefficient (Wildman–Crippen LogP) is 3.34. The normalized spacial score (nSPS) is 11.1. The van der Waals surface area contributed by atoms with Crippen molar-refractivity contribution in [3.8, 4) is 5.75 Å². The fourth-order valence-electron chi connectivity index (χ4n) is 2.57. The van der Waals surface area contributed by atoms with E-state index in [0.29, 0.717) is 12.2 Å². The molecule has 0 aliphatic heterocycles. The first-order valence-corrected chi connectivity index (χ1v) is 7.79. The fraction of sp³-hybridized carbons (Fsp3) is 0.158. The molecule has 24 heavy (non-hydrogen) atoms. The van der Waals surface area contributed by atoms with Gasteiger partial charge in [0, 0.05) is 24.1 Å². The van der Waals surface area contributed by atoms with Gasteiger partial charge in [0.2, 0.25) is 0 Å². The minimum atomic E-state index is -0.228. The standard InChI is InChI=1S/C19H19N3O2/c1-3-24-15-10-8-14(9-11-15)12-20-21-19(23)17-13-22(2)18-7-5-4-6-16(17)18/h4-13H,3H2,1-2H3,(H,21,23). The number of fused-ring (bicyclic) bond motifs is 1. The highest BCUT2D eigenvalue weighted by molar-refractivity contribution is 6.07. The smallest absolute Gasteiger partial charge is 0.273 e. The van der Waals surface area contributed by atoms with Crippen molar-refractivity contribution in [1.82, 2.24) is 9.99 Å². The Kier molecular flexibility index (Phi) is 4.61. The summed E-state index contributed by atoms with van der Waals surface area (Å²) in [6.45, 7) is 2.58. The summed E-state index contributed by atoms with van der Waals surface area (Å²) < 4.78 is 7.32. The molecule has 1 N–H and O–H groups in total. The Labute approximate surface area is 140 Å². The van der Waals surface area contributed by atoms with Crippen molar-refractivity contribution in [2.75, 3.05) is 6.61 Å². The second kappa shape index (κ2) is 7.00. The van der Waals surface area contributed by atoms with E-state index < -0.39 is 0 Å². The lowest BCUT2D eigenvalue weighted by molar-refractivity contribution is 0.0956. The molecule has 5 nitrogen and oxygen atoms in total. The minimum absolute atomic E-state index is 0.228. The number of benzene rings is 2. The van der Waals surface area contributed by atoms with Gasteiger partial charge >= 0.3 is 0 Å². The monoisotopic (exact) mass is 321 g/mol. The van der Waals surface area contributed by atoms with Gasteiger partial charge in [0.05, 0.1) is 18.4 Å². The van der Waals surface area contributed by atoms with Gasteiger partial charge in [0.15, 0.2) is 0 Å². The van der Waals surface area contributed by atoms with E-state index in [0.717, 1.165) is 22.2 Å². The summed E-state index contributed by atoms with van der Waals surface area (Å²) in [6.07, 6.45) is 3.42. The van der Waals surface area contributed by atoms with E-state index in [9.17, 15) is 4.79 Å². The summed E-state index contributed by atoms with van der Waals surface area (Å²) >= 11 is 0. The quantitative estimate of drug-likeness (QED) is 0.579. The molecule has 3 aromatic rings. The van der Waals surface area contributed by atoms with Crippen LogP contribution in [-0.4, -0.2) is 23.3 Å². The number of nitrogens with one attached hydrogen (secondary N) is 1. The van der Waals surface area contributed by atoms with Crippen LogP contribution in [0.1, 0.15) is 22.8 Å². The maximum Gasteiger partial charge on any atom is 0.273 e. The number of ether oxygens (including phenoxy) is 1. The van der Waals surface area contributed by atoms with Crippen LogP contribution in [-0.2, 0) is 7.05 Å². The number of amides is 1. The van der Waals surface area contributed by atoms with Crippen LogP contribution < -0.4 is 10.2 Å². The minimum Gasteiger partial charge on any atom is -0.494 e. The van der Waals surface area contributed by atoms with Crippen LogP contribution in [0.3, 0.4) is 0 Å². The van der Waals surface area contributed by atoms with E-state index in [1.165, 1.54) is 0 Å². The molecule has 0 aliphatic carbocycles. The molecule has 5 heteroatoms. The first-order valence-electron chi connectivity index (χ1n) is 7.79. The fourth-order valence-corrected chi connectivity index (χ4v) is 2.57. The van der Waals surface area contributed by atoms with Gasteiger partial charge in [0.25, 0.3) is 5.91 Å². The average Bonchev–Trinajstić information content (AvgIpc) is 2.94. The van der Waals surface area contributed by atoms with Crippen molar-refractivity contribution in [1.29, 1.82) is 0 Å². The summed E-state index contributed by atoms with van der Waals surface area (Å²) in [5, 5.41) is 4.95. The van der Waals surface area contributed by atoms with Gasteiger partial charge in [-0.25, -0.2) is 5.43 Å². The summed E-state index contributed by atoms with van der Waals surface area (Å²) in [5.74, 6) is 0.587. The van der Waals surface area contributed by atoms with Crippen molar-refractivity contribution in [2.24, 2.45) is 12.1 Å². The molecule has 0 aliphatic rings. The SMILES string of the molecule is CCOc1ccc(C=NNC(=O)c2cn(C)c3ccccc23)cc1. The van der Waals surface area contributed by atoms with Crippen molar-refractivity contribution in [3.05, 3.63) is 65.9 Å². The Morgan fingerprint density at radius 3 is 2.71 bits per heavy atom.